The lowest BCUT2D eigenvalue weighted by molar-refractivity contribution is -0.134. The van der Waals surface area contributed by atoms with Gasteiger partial charge in [-0.05, 0) is 25.7 Å². The highest BCUT2D eigenvalue weighted by Crippen LogP contribution is 2.06. The van der Waals surface area contributed by atoms with Gasteiger partial charge in [0.1, 0.15) is 0 Å². The molecule has 1 N–H and O–H groups in total. The molecule has 0 radical (unpaired) electrons. The molecule has 0 bridgehead atoms. The highest BCUT2D eigenvalue weighted by atomic mass is 16.2. The molecule has 0 heterocycles. The van der Waals surface area contributed by atoms with Crippen molar-refractivity contribution in [3.8, 4) is 0 Å². The molecule has 0 fully saturated rings. The number of rotatable bonds is 9. The van der Waals surface area contributed by atoms with Crippen LogP contribution in [0.1, 0.15) is 53.4 Å². The van der Waals surface area contributed by atoms with Gasteiger partial charge < -0.3 is 10.2 Å². The molecule has 4 nitrogen and oxygen atoms in total. The molecule has 0 aromatic rings. The lowest BCUT2D eigenvalue weighted by Crippen LogP contribution is -2.42. The first-order valence-electron chi connectivity index (χ1n) is 7.16. The number of nitrogens with one attached hydrogen (secondary N) is 1. The van der Waals surface area contributed by atoms with Crippen LogP contribution < -0.4 is 5.32 Å². The maximum atomic E-state index is 11.9. The van der Waals surface area contributed by atoms with Gasteiger partial charge in [-0.15, -0.1) is 0 Å². The van der Waals surface area contributed by atoms with Crippen molar-refractivity contribution in [2.75, 3.05) is 19.6 Å². The second-order valence-electron chi connectivity index (χ2n) is 4.61. The number of nitrogens with zero attached hydrogens (tertiary/aromatic N) is 1. The summed E-state index contributed by atoms with van der Waals surface area (Å²) in [4.78, 5) is 25.5. The van der Waals surface area contributed by atoms with E-state index in [0.717, 1.165) is 38.8 Å². The molecule has 0 saturated heterocycles. The third kappa shape index (κ3) is 6.03. The molecule has 0 rings (SSSR count). The van der Waals surface area contributed by atoms with Gasteiger partial charge in [-0.2, -0.15) is 0 Å². The molecule has 18 heavy (non-hydrogen) atoms. The summed E-state index contributed by atoms with van der Waals surface area (Å²) < 4.78 is 0. The Bertz CT molecular complexity index is 244. The van der Waals surface area contributed by atoms with Crippen LogP contribution >= 0.6 is 0 Å². The van der Waals surface area contributed by atoms with Crippen LogP contribution in [-0.4, -0.2) is 36.3 Å². The minimum Gasteiger partial charge on any atom is -0.347 e. The molecule has 4 heteroatoms. The van der Waals surface area contributed by atoms with Gasteiger partial charge in [-0.3, -0.25) is 9.59 Å². The molecule has 0 saturated carbocycles. The third-order valence-corrected chi connectivity index (χ3v) is 3.11. The largest absolute Gasteiger partial charge is 0.347 e. The fourth-order valence-electron chi connectivity index (χ4n) is 1.98. The number of hydrogen-bond acceptors (Lipinski definition) is 2. The number of amides is 2. The Morgan fingerprint density at radius 2 is 1.50 bits per heavy atom. The Labute approximate surface area is 111 Å². The highest BCUT2D eigenvalue weighted by molar-refractivity contribution is 5.85. The topological polar surface area (TPSA) is 49.4 Å². The normalized spacial score (nSPS) is 10.5. The van der Waals surface area contributed by atoms with E-state index < -0.39 is 0 Å². The van der Waals surface area contributed by atoms with E-state index in [-0.39, 0.29) is 24.3 Å². The monoisotopic (exact) mass is 256 g/mol. The third-order valence-electron chi connectivity index (χ3n) is 3.11. The average Bonchev–Trinajstić information content (AvgIpc) is 2.37. The second kappa shape index (κ2) is 9.92. The summed E-state index contributed by atoms with van der Waals surface area (Å²) in [5.41, 5.74) is 0. The zero-order chi connectivity index (χ0) is 14.0. The van der Waals surface area contributed by atoms with Gasteiger partial charge in [-0.1, -0.05) is 27.7 Å². The summed E-state index contributed by atoms with van der Waals surface area (Å²) in [6, 6.07) is 0. The van der Waals surface area contributed by atoms with Crippen LogP contribution in [0.5, 0.6) is 0 Å². The SMILES string of the molecule is CCCN(CCC)C(=O)CNC(=O)C(CC)CC. The van der Waals surface area contributed by atoms with Crippen molar-refractivity contribution in [1.29, 1.82) is 0 Å². The van der Waals surface area contributed by atoms with E-state index in [9.17, 15) is 9.59 Å². The molecular weight excluding hydrogens is 228 g/mol. The molecule has 0 aliphatic rings. The van der Waals surface area contributed by atoms with E-state index in [1.165, 1.54) is 0 Å². The Morgan fingerprint density at radius 3 is 1.89 bits per heavy atom. The van der Waals surface area contributed by atoms with Crippen molar-refractivity contribution in [2.45, 2.75) is 53.4 Å². The van der Waals surface area contributed by atoms with E-state index in [1.54, 1.807) is 0 Å². The van der Waals surface area contributed by atoms with E-state index in [2.05, 4.69) is 19.2 Å². The Balaban J connectivity index is 4.17. The molecule has 0 aliphatic carbocycles. The van der Waals surface area contributed by atoms with Crippen LogP contribution in [0.25, 0.3) is 0 Å². The molecule has 0 spiro atoms. The zero-order valence-corrected chi connectivity index (χ0v) is 12.3. The van der Waals surface area contributed by atoms with Crippen molar-refractivity contribution in [3.63, 3.8) is 0 Å². The molecule has 0 unspecified atom stereocenters. The van der Waals surface area contributed by atoms with Gasteiger partial charge >= 0.3 is 0 Å². The van der Waals surface area contributed by atoms with Gasteiger partial charge in [0.2, 0.25) is 11.8 Å². The molecule has 0 aliphatic heterocycles. The molecule has 0 aromatic carbocycles. The van der Waals surface area contributed by atoms with E-state index in [0.29, 0.717) is 0 Å². The lowest BCUT2D eigenvalue weighted by Gasteiger charge is -2.22. The summed E-state index contributed by atoms with van der Waals surface area (Å²) in [5, 5.41) is 2.75. The average molecular weight is 256 g/mol. The van der Waals surface area contributed by atoms with Crippen molar-refractivity contribution in [2.24, 2.45) is 5.92 Å². The zero-order valence-electron chi connectivity index (χ0n) is 12.3. The van der Waals surface area contributed by atoms with E-state index in [4.69, 9.17) is 0 Å². The number of hydrogen-bond donors (Lipinski definition) is 1. The van der Waals surface area contributed by atoms with Gasteiger partial charge in [0, 0.05) is 19.0 Å². The van der Waals surface area contributed by atoms with Gasteiger partial charge in [-0.25, -0.2) is 0 Å². The predicted molar refractivity (Wildman–Crippen MR) is 74.2 cm³/mol. The summed E-state index contributed by atoms with van der Waals surface area (Å²) in [6.45, 7) is 9.78. The van der Waals surface area contributed by atoms with E-state index >= 15 is 0 Å². The fraction of sp³-hybridized carbons (Fsp3) is 0.857. The van der Waals surface area contributed by atoms with Crippen LogP contribution in [0.15, 0.2) is 0 Å². The second-order valence-corrected chi connectivity index (χ2v) is 4.61. The van der Waals surface area contributed by atoms with Crippen LogP contribution in [-0.2, 0) is 9.59 Å². The Kier molecular flexibility index (Phi) is 9.33. The van der Waals surface area contributed by atoms with Gasteiger partial charge in [0.25, 0.3) is 0 Å². The fourth-order valence-corrected chi connectivity index (χ4v) is 1.98. The molecule has 0 atom stereocenters. The predicted octanol–water partition coefficient (Wildman–Crippen LogP) is 2.19. The van der Waals surface area contributed by atoms with E-state index in [1.807, 2.05) is 18.7 Å². The summed E-state index contributed by atoms with van der Waals surface area (Å²) in [6.07, 6.45) is 3.55. The summed E-state index contributed by atoms with van der Waals surface area (Å²) in [5.74, 6) is 0.0582. The van der Waals surface area contributed by atoms with Gasteiger partial charge in [0.15, 0.2) is 0 Å². The maximum Gasteiger partial charge on any atom is 0.241 e. The molecule has 2 amide bonds. The molecular formula is C14H28N2O2. The maximum absolute atomic E-state index is 11.9. The number of carbonyl (C=O) groups is 2. The van der Waals surface area contributed by atoms with Gasteiger partial charge in [0.05, 0.1) is 6.54 Å². The first kappa shape index (κ1) is 16.9. The smallest absolute Gasteiger partial charge is 0.241 e. The highest BCUT2D eigenvalue weighted by Gasteiger charge is 2.17. The Morgan fingerprint density at radius 1 is 1.00 bits per heavy atom. The molecule has 106 valence electrons. The van der Waals surface area contributed by atoms with Crippen LogP contribution in [0, 0.1) is 5.92 Å². The van der Waals surface area contributed by atoms with Crippen molar-refractivity contribution < 1.29 is 9.59 Å². The van der Waals surface area contributed by atoms with Crippen molar-refractivity contribution >= 4 is 11.8 Å². The first-order valence-corrected chi connectivity index (χ1v) is 7.16. The molecule has 0 aromatic heterocycles. The lowest BCUT2D eigenvalue weighted by atomic mass is 10.0. The minimum atomic E-state index is 0.00120. The quantitative estimate of drug-likeness (QED) is 0.687. The van der Waals surface area contributed by atoms with Crippen LogP contribution in [0.2, 0.25) is 0 Å². The Hall–Kier alpha value is -1.06. The standard InChI is InChI=1S/C14H28N2O2/c1-5-9-16(10-6-2)13(17)11-15-14(18)12(7-3)8-4/h12H,5-11H2,1-4H3,(H,15,18). The minimum absolute atomic E-state index is 0.00120. The summed E-state index contributed by atoms with van der Waals surface area (Å²) >= 11 is 0. The number of carbonyl (C=O) groups excluding carboxylic acids is 2. The van der Waals surface area contributed by atoms with Crippen molar-refractivity contribution in [1.82, 2.24) is 10.2 Å². The van der Waals surface area contributed by atoms with Crippen LogP contribution in [0.3, 0.4) is 0 Å². The summed E-state index contributed by atoms with van der Waals surface area (Å²) in [7, 11) is 0. The first-order chi connectivity index (χ1) is 8.60. The van der Waals surface area contributed by atoms with Crippen LogP contribution in [0.4, 0.5) is 0 Å². The van der Waals surface area contributed by atoms with Crippen molar-refractivity contribution in [3.05, 3.63) is 0 Å².